The number of fused-ring (bicyclic) bond motifs is 1. The number of aromatic amines is 1. The number of nitrogens with zero attached hydrogens (tertiary/aromatic N) is 6. The minimum Gasteiger partial charge on any atom is -0.381 e. The molecule has 0 amide bonds. The van der Waals surface area contributed by atoms with Gasteiger partial charge in [-0.2, -0.15) is 5.10 Å². The molecule has 0 saturated heterocycles. The summed E-state index contributed by atoms with van der Waals surface area (Å²) in [6, 6.07) is 4.39. The number of hydrogen-bond donors (Lipinski definition) is 2. The highest BCUT2D eigenvalue weighted by Gasteiger charge is 2.30. The minimum absolute atomic E-state index is 0.389. The Morgan fingerprint density at radius 1 is 1.03 bits per heavy atom. The predicted molar refractivity (Wildman–Crippen MR) is 110 cm³/mol. The molecule has 0 bridgehead atoms. The predicted octanol–water partition coefficient (Wildman–Crippen LogP) is 2.51. The van der Waals surface area contributed by atoms with Gasteiger partial charge in [-0.25, -0.2) is 15.0 Å². The first-order valence-corrected chi connectivity index (χ1v) is 10.0. The fourth-order valence-corrected chi connectivity index (χ4v) is 4.21. The Bertz CT molecular complexity index is 951. The van der Waals surface area contributed by atoms with Gasteiger partial charge in [-0.05, 0) is 37.8 Å². The van der Waals surface area contributed by atoms with Crippen LogP contribution in [0.1, 0.15) is 25.7 Å². The number of H-pyrrole nitrogens is 1. The average molecular weight is 392 g/mol. The Kier molecular flexibility index (Phi) is 4.81. The molecular formula is C20H24N8O. The molecule has 1 fully saturated rings. The van der Waals surface area contributed by atoms with E-state index in [9.17, 15) is 0 Å². The van der Waals surface area contributed by atoms with Crippen LogP contribution in [0.25, 0.3) is 22.8 Å². The maximum atomic E-state index is 5.53. The van der Waals surface area contributed by atoms with Gasteiger partial charge in [-0.3, -0.25) is 10.1 Å². The van der Waals surface area contributed by atoms with E-state index in [1.54, 1.807) is 6.20 Å². The van der Waals surface area contributed by atoms with Crippen molar-refractivity contribution in [1.29, 1.82) is 0 Å². The third kappa shape index (κ3) is 3.53. The molecule has 1 saturated carbocycles. The fourth-order valence-electron chi connectivity index (χ4n) is 4.21. The normalized spacial score (nSPS) is 21.5. The molecule has 9 heteroatoms. The van der Waals surface area contributed by atoms with Gasteiger partial charge in [0.1, 0.15) is 12.0 Å². The van der Waals surface area contributed by atoms with Crippen LogP contribution in [0.5, 0.6) is 0 Å². The van der Waals surface area contributed by atoms with Crippen LogP contribution in [-0.4, -0.2) is 62.5 Å². The molecule has 150 valence electrons. The summed E-state index contributed by atoms with van der Waals surface area (Å²) in [7, 11) is 1.81. The summed E-state index contributed by atoms with van der Waals surface area (Å²) in [5.41, 5.74) is 2.49. The number of rotatable bonds is 4. The van der Waals surface area contributed by atoms with Gasteiger partial charge in [0, 0.05) is 38.0 Å². The number of hydrogen-bond acceptors (Lipinski definition) is 8. The zero-order valence-electron chi connectivity index (χ0n) is 16.4. The van der Waals surface area contributed by atoms with E-state index in [1.807, 2.05) is 25.4 Å². The summed E-state index contributed by atoms with van der Waals surface area (Å²) in [6.45, 7) is 1.83. The summed E-state index contributed by atoms with van der Waals surface area (Å²) >= 11 is 0. The third-order valence-corrected chi connectivity index (χ3v) is 5.81. The second-order valence-electron chi connectivity index (χ2n) is 7.48. The number of aromatic nitrogens is 6. The molecule has 29 heavy (non-hydrogen) atoms. The van der Waals surface area contributed by atoms with Gasteiger partial charge < -0.3 is 15.0 Å². The summed E-state index contributed by atoms with van der Waals surface area (Å²) in [4.78, 5) is 20.7. The number of methoxy groups -OCH3 is 1. The lowest BCUT2D eigenvalue weighted by Gasteiger charge is -2.40. The van der Waals surface area contributed by atoms with Crippen LogP contribution in [0.4, 0.5) is 11.6 Å². The number of ether oxygens (including phenoxy) is 1. The molecule has 3 aromatic heterocycles. The highest BCUT2D eigenvalue weighted by Crippen LogP contribution is 2.34. The zero-order valence-corrected chi connectivity index (χ0v) is 16.4. The van der Waals surface area contributed by atoms with Gasteiger partial charge in [0.05, 0.1) is 18.0 Å². The largest absolute Gasteiger partial charge is 0.381 e. The van der Waals surface area contributed by atoms with Crippen molar-refractivity contribution in [2.24, 2.45) is 0 Å². The molecule has 9 nitrogen and oxygen atoms in total. The number of nitrogens with one attached hydrogen (secondary N) is 2. The lowest BCUT2D eigenvalue weighted by molar-refractivity contribution is 0.0655. The van der Waals surface area contributed by atoms with E-state index in [1.165, 1.54) is 6.33 Å². The molecule has 2 N–H and O–H groups in total. The van der Waals surface area contributed by atoms with Crippen LogP contribution in [0.3, 0.4) is 0 Å². The molecule has 5 rings (SSSR count). The lowest BCUT2D eigenvalue weighted by Crippen LogP contribution is -2.45. The summed E-state index contributed by atoms with van der Waals surface area (Å²) in [5, 5.41) is 10.1. The van der Waals surface area contributed by atoms with E-state index in [4.69, 9.17) is 9.72 Å². The zero-order chi connectivity index (χ0) is 19.6. The van der Waals surface area contributed by atoms with Crippen LogP contribution in [-0.2, 0) is 4.74 Å². The number of pyridine rings is 1. The van der Waals surface area contributed by atoms with Crippen molar-refractivity contribution in [2.75, 3.05) is 30.4 Å². The van der Waals surface area contributed by atoms with Crippen molar-refractivity contribution in [3.05, 3.63) is 30.9 Å². The molecule has 1 aliphatic carbocycles. The van der Waals surface area contributed by atoms with Gasteiger partial charge in [0.2, 0.25) is 0 Å². The molecule has 3 aromatic rings. The van der Waals surface area contributed by atoms with Crippen LogP contribution >= 0.6 is 0 Å². The summed E-state index contributed by atoms with van der Waals surface area (Å²) < 4.78 is 5.53. The first-order chi connectivity index (χ1) is 14.3. The quantitative estimate of drug-likeness (QED) is 0.698. The highest BCUT2D eigenvalue weighted by molar-refractivity contribution is 5.69. The summed E-state index contributed by atoms with van der Waals surface area (Å²) in [5.74, 6) is 2.45. The summed E-state index contributed by atoms with van der Waals surface area (Å²) in [6.07, 6.45) is 9.91. The molecule has 0 atom stereocenters. The van der Waals surface area contributed by atoms with Crippen molar-refractivity contribution in [1.82, 2.24) is 30.1 Å². The smallest absolute Gasteiger partial charge is 0.174 e. The molecular weight excluding hydrogens is 368 g/mol. The molecule has 0 aromatic carbocycles. The first kappa shape index (κ1) is 18.0. The highest BCUT2D eigenvalue weighted by atomic mass is 16.5. The number of anilines is 2. The van der Waals surface area contributed by atoms with E-state index in [2.05, 4.69) is 35.4 Å². The van der Waals surface area contributed by atoms with Gasteiger partial charge in [0.15, 0.2) is 17.5 Å². The monoisotopic (exact) mass is 392 g/mol. The Labute approximate surface area is 169 Å². The van der Waals surface area contributed by atoms with E-state index < -0.39 is 0 Å². The molecule has 0 radical (unpaired) electrons. The third-order valence-electron chi connectivity index (χ3n) is 5.81. The first-order valence-electron chi connectivity index (χ1n) is 10.0. The fraction of sp³-hybridized carbons (Fsp3) is 0.450. The van der Waals surface area contributed by atoms with E-state index in [0.717, 1.165) is 67.4 Å². The molecule has 0 spiro atoms. The standard InChI is InChI=1S/C20H24N8O/c1-29-15-5-3-14(4-6-15)28-9-8-21-19-20(28)26-17(11-23-19)13-2-7-16(22-10-13)18-24-12-25-27-18/h2,7,10-12,14-15H,3-6,8-9H2,1H3,(H,21,23)(H,24,25,27). The van der Waals surface area contributed by atoms with Gasteiger partial charge >= 0.3 is 0 Å². The van der Waals surface area contributed by atoms with Crippen LogP contribution in [0, 0.1) is 0 Å². The average Bonchev–Trinajstić information content (AvgIpc) is 3.34. The maximum absolute atomic E-state index is 5.53. The topological polar surface area (TPSA) is 105 Å². The Hall–Kier alpha value is -3.07. The van der Waals surface area contributed by atoms with Gasteiger partial charge in [0.25, 0.3) is 0 Å². The molecule has 2 aliphatic rings. The second kappa shape index (κ2) is 7.75. The molecule has 4 heterocycles. The Morgan fingerprint density at radius 3 is 2.66 bits per heavy atom. The van der Waals surface area contributed by atoms with Crippen molar-refractivity contribution in [2.45, 2.75) is 37.8 Å². The van der Waals surface area contributed by atoms with Gasteiger partial charge in [-0.15, -0.1) is 0 Å². The van der Waals surface area contributed by atoms with Gasteiger partial charge in [-0.1, -0.05) is 0 Å². The van der Waals surface area contributed by atoms with Crippen molar-refractivity contribution >= 4 is 11.6 Å². The SMILES string of the molecule is COC1CCC(N2CCNc3ncc(-c4ccc(-c5ncn[nH]5)nc4)nc32)CC1. The van der Waals surface area contributed by atoms with E-state index >= 15 is 0 Å². The second-order valence-corrected chi connectivity index (χ2v) is 7.48. The lowest BCUT2D eigenvalue weighted by atomic mass is 9.91. The Balaban J connectivity index is 1.41. The van der Waals surface area contributed by atoms with Crippen LogP contribution < -0.4 is 10.2 Å². The Morgan fingerprint density at radius 2 is 1.93 bits per heavy atom. The minimum atomic E-state index is 0.389. The van der Waals surface area contributed by atoms with Crippen molar-refractivity contribution in [3.63, 3.8) is 0 Å². The molecule has 0 unspecified atom stereocenters. The van der Waals surface area contributed by atoms with Crippen molar-refractivity contribution < 1.29 is 4.74 Å². The van der Waals surface area contributed by atoms with E-state index in [0.29, 0.717) is 18.0 Å². The maximum Gasteiger partial charge on any atom is 0.174 e. The van der Waals surface area contributed by atoms with E-state index in [-0.39, 0.29) is 0 Å². The van der Waals surface area contributed by atoms with Crippen molar-refractivity contribution in [3.8, 4) is 22.8 Å². The van der Waals surface area contributed by atoms with Crippen LogP contribution in [0.2, 0.25) is 0 Å². The van der Waals surface area contributed by atoms with Crippen LogP contribution in [0.15, 0.2) is 30.9 Å². The molecule has 1 aliphatic heterocycles.